The highest BCUT2D eigenvalue weighted by molar-refractivity contribution is 5.97. The molecule has 128 valence electrons. The van der Waals surface area contributed by atoms with Gasteiger partial charge in [0.05, 0.1) is 17.8 Å². The molecule has 2 heterocycles. The van der Waals surface area contributed by atoms with Crippen molar-refractivity contribution in [1.82, 2.24) is 20.8 Å². The fourth-order valence-electron chi connectivity index (χ4n) is 3.28. The molecule has 25 heavy (non-hydrogen) atoms. The molecule has 4 rings (SSSR count). The maximum Gasteiger partial charge on any atom is 0.251 e. The van der Waals surface area contributed by atoms with Crippen LogP contribution in [0.1, 0.15) is 21.5 Å². The molecule has 0 spiro atoms. The van der Waals surface area contributed by atoms with Gasteiger partial charge in [-0.15, -0.1) is 0 Å². The van der Waals surface area contributed by atoms with Crippen LogP contribution in [0, 0.1) is 0 Å². The monoisotopic (exact) mass is 336 g/mol. The van der Waals surface area contributed by atoms with Gasteiger partial charge in [-0.25, -0.2) is 0 Å². The molecule has 3 aromatic rings. The number of hydrogen-bond donors (Lipinski definition) is 4. The number of benzene rings is 2. The molecule has 1 amide bonds. The predicted molar refractivity (Wildman–Crippen MR) is 95.2 cm³/mol. The zero-order valence-corrected chi connectivity index (χ0v) is 13.7. The number of aliphatic hydroxyl groups is 1. The first-order valence-electron chi connectivity index (χ1n) is 8.40. The number of aliphatic hydroxyl groups excluding tert-OH is 1. The first-order chi connectivity index (χ1) is 12.2. The Kier molecular flexibility index (Phi) is 4.21. The Labute approximate surface area is 145 Å². The highest BCUT2D eigenvalue weighted by Gasteiger charge is 2.24. The van der Waals surface area contributed by atoms with Crippen molar-refractivity contribution in [1.29, 1.82) is 0 Å². The van der Waals surface area contributed by atoms with Crippen molar-refractivity contribution in [3.8, 4) is 0 Å². The lowest BCUT2D eigenvalue weighted by atomic mass is 9.93. The number of nitrogens with one attached hydrogen (secondary N) is 3. The lowest BCUT2D eigenvalue weighted by molar-refractivity contribution is 0.0870. The standard InChI is InChI=1S/C19H20N4O2/c24-18(17-8-12-3-1-2-4-14(12)9-20-17)11-21-19(25)13-5-6-16-15(7-13)10-22-23-16/h1-7,10,17-18,20,24H,8-9,11H2,(H,21,25)(H,22,23)/t17-,18+/m0/s1. The number of amides is 1. The molecule has 0 aliphatic carbocycles. The number of carbonyl (C=O) groups is 1. The van der Waals surface area contributed by atoms with Crippen molar-refractivity contribution in [2.24, 2.45) is 0 Å². The Bertz CT molecular complexity index is 905. The van der Waals surface area contributed by atoms with Crippen LogP contribution in [0.3, 0.4) is 0 Å². The summed E-state index contributed by atoms with van der Waals surface area (Å²) in [5.74, 6) is -0.196. The van der Waals surface area contributed by atoms with E-state index in [-0.39, 0.29) is 18.5 Å². The van der Waals surface area contributed by atoms with E-state index in [0.717, 1.165) is 23.9 Å². The zero-order valence-electron chi connectivity index (χ0n) is 13.7. The predicted octanol–water partition coefficient (Wildman–Crippen LogP) is 1.37. The molecule has 0 saturated carbocycles. The molecule has 6 nitrogen and oxygen atoms in total. The minimum atomic E-state index is -0.644. The molecule has 0 saturated heterocycles. The average molecular weight is 336 g/mol. The van der Waals surface area contributed by atoms with Crippen LogP contribution >= 0.6 is 0 Å². The molecule has 1 aliphatic rings. The van der Waals surface area contributed by atoms with Crippen molar-refractivity contribution in [2.75, 3.05) is 6.54 Å². The van der Waals surface area contributed by atoms with E-state index in [1.807, 2.05) is 18.2 Å². The van der Waals surface area contributed by atoms with E-state index < -0.39 is 6.10 Å². The fraction of sp³-hybridized carbons (Fsp3) is 0.263. The highest BCUT2D eigenvalue weighted by Crippen LogP contribution is 2.18. The summed E-state index contributed by atoms with van der Waals surface area (Å²) in [6.45, 7) is 0.949. The quantitative estimate of drug-likeness (QED) is 0.579. The number of H-pyrrole nitrogens is 1. The molecule has 1 aromatic heterocycles. The van der Waals surface area contributed by atoms with Crippen molar-refractivity contribution in [2.45, 2.75) is 25.1 Å². The summed E-state index contributed by atoms with van der Waals surface area (Å²) in [6.07, 6.45) is 1.80. The molecule has 6 heteroatoms. The molecule has 0 unspecified atom stereocenters. The summed E-state index contributed by atoms with van der Waals surface area (Å²) in [7, 11) is 0. The van der Waals surface area contributed by atoms with E-state index >= 15 is 0 Å². The molecular weight excluding hydrogens is 316 g/mol. The van der Waals surface area contributed by atoms with Gasteiger partial charge in [-0.2, -0.15) is 5.10 Å². The second kappa shape index (κ2) is 6.66. The van der Waals surface area contributed by atoms with Crippen molar-refractivity contribution in [3.05, 3.63) is 65.4 Å². The van der Waals surface area contributed by atoms with Crippen LogP contribution in [0.4, 0.5) is 0 Å². The summed E-state index contributed by atoms with van der Waals surface area (Å²) >= 11 is 0. The largest absolute Gasteiger partial charge is 0.390 e. The fourth-order valence-corrected chi connectivity index (χ4v) is 3.28. The van der Waals surface area contributed by atoms with Gasteiger partial charge < -0.3 is 15.7 Å². The molecule has 0 radical (unpaired) electrons. The number of rotatable bonds is 4. The molecule has 2 atom stereocenters. The zero-order chi connectivity index (χ0) is 17.2. The van der Waals surface area contributed by atoms with Gasteiger partial charge in [-0.05, 0) is 35.7 Å². The topological polar surface area (TPSA) is 90.0 Å². The van der Waals surface area contributed by atoms with Crippen LogP contribution in [0.2, 0.25) is 0 Å². The normalized spacial score (nSPS) is 17.9. The second-order valence-corrected chi connectivity index (χ2v) is 6.41. The van der Waals surface area contributed by atoms with Crippen LogP contribution in [-0.2, 0) is 13.0 Å². The number of aromatic nitrogens is 2. The molecule has 0 bridgehead atoms. The summed E-state index contributed by atoms with van der Waals surface area (Å²) in [5.41, 5.74) is 3.97. The van der Waals surface area contributed by atoms with Gasteiger partial charge in [-0.3, -0.25) is 9.89 Å². The van der Waals surface area contributed by atoms with Crippen molar-refractivity contribution in [3.63, 3.8) is 0 Å². The summed E-state index contributed by atoms with van der Waals surface area (Å²) in [4.78, 5) is 12.3. The van der Waals surface area contributed by atoms with Crippen LogP contribution in [0.15, 0.2) is 48.7 Å². The maximum atomic E-state index is 12.3. The van der Waals surface area contributed by atoms with Gasteiger partial charge in [0, 0.05) is 30.1 Å². The van der Waals surface area contributed by atoms with Gasteiger partial charge in [-0.1, -0.05) is 24.3 Å². The molecule has 0 fully saturated rings. The van der Waals surface area contributed by atoms with E-state index in [1.54, 1.807) is 18.3 Å². The number of carbonyl (C=O) groups excluding carboxylic acids is 1. The number of hydrogen-bond acceptors (Lipinski definition) is 4. The Balaban J connectivity index is 1.37. The Morgan fingerprint density at radius 3 is 3.00 bits per heavy atom. The van der Waals surface area contributed by atoms with Crippen molar-refractivity contribution >= 4 is 16.8 Å². The van der Waals surface area contributed by atoms with E-state index in [1.165, 1.54) is 11.1 Å². The van der Waals surface area contributed by atoms with Gasteiger partial charge >= 0.3 is 0 Å². The van der Waals surface area contributed by atoms with E-state index in [9.17, 15) is 9.90 Å². The third kappa shape index (κ3) is 3.26. The minimum absolute atomic E-state index is 0.0634. The van der Waals surface area contributed by atoms with Gasteiger partial charge in [0.1, 0.15) is 0 Å². The Morgan fingerprint density at radius 2 is 2.12 bits per heavy atom. The number of nitrogens with zero attached hydrogens (tertiary/aromatic N) is 1. The van der Waals surface area contributed by atoms with Crippen molar-refractivity contribution < 1.29 is 9.90 Å². The molecular formula is C19H20N4O2. The van der Waals surface area contributed by atoms with Gasteiger partial charge in [0.2, 0.25) is 0 Å². The molecule has 2 aromatic carbocycles. The Morgan fingerprint density at radius 1 is 1.28 bits per heavy atom. The maximum absolute atomic E-state index is 12.3. The molecule has 1 aliphatic heterocycles. The first-order valence-corrected chi connectivity index (χ1v) is 8.40. The Hall–Kier alpha value is -2.70. The number of fused-ring (bicyclic) bond motifs is 2. The minimum Gasteiger partial charge on any atom is -0.390 e. The van der Waals surface area contributed by atoms with Gasteiger partial charge in [0.25, 0.3) is 5.91 Å². The molecule has 4 N–H and O–H groups in total. The SMILES string of the molecule is O=C(NC[C@@H](O)[C@@H]1Cc2ccccc2CN1)c1ccc2[nH]ncc2c1. The van der Waals surface area contributed by atoms with Crippen LogP contribution in [-0.4, -0.2) is 39.9 Å². The smallest absolute Gasteiger partial charge is 0.251 e. The van der Waals surface area contributed by atoms with Crippen LogP contribution in [0.5, 0.6) is 0 Å². The van der Waals surface area contributed by atoms with E-state index in [2.05, 4.69) is 33.0 Å². The van der Waals surface area contributed by atoms with Crippen LogP contribution < -0.4 is 10.6 Å². The second-order valence-electron chi connectivity index (χ2n) is 6.41. The average Bonchev–Trinajstić information content (AvgIpc) is 3.13. The lowest BCUT2D eigenvalue weighted by Crippen LogP contribution is -2.49. The van der Waals surface area contributed by atoms with E-state index in [0.29, 0.717) is 5.56 Å². The highest BCUT2D eigenvalue weighted by atomic mass is 16.3. The number of aromatic amines is 1. The first kappa shape index (κ1) is 15.8. The van der Waals surface area contributed by atoms with E-state index in [4.69, 9.17) is 0 Å². The van der Waals surface area contributed by atoms with Crippen LogP contribution in [0.25, 0.3) is 10.9 Å². The summed E-state index contributed by atoms with van der Waals surface area (Å²) in [5, 5.41) is 24.3. The third-order valence-electron chi connectivity index (χ3n) is 4.75. The third-order valence-corrected chi connectivity index (χ3v) is 4.75. The summed E-state index contributed by atoms with van der Waals surface area (Å²) in [6, 6.07) is 13.5. The lowest BCUT2D eigenvalue weighted by Gasteiger charge is -2.30. The summed E-state index contributed by atoms with van der Waals surface area (Å²) < 4.78 is 0. The van der Waals surface area contributed by atoms with Gasteiger partial charge in [0.15, 0.2) is 0 Å².